The Morgan fingerprint density at radius 2 is 2.18 bits per heavy atom. The quantitative estimate of drug-likeness (QED) is 0.881. The molecule has 90 valence electrons. The zero-order valence-corrected chi connectivity index (χ0v) is 10.7. The Bertz CT molecular complexity index is 537. The summed E-state index contributed by atoms with van der Waals surface area (Å²) in [6.07, 6.45) is 0. The summed E-state index contributed by atoms with van der Waals surface area (Å²) in [7, 11) is 3.46. The lowest BCUT2D eigenvalue weighted by molar-refractivity contribution is 0.415. The van der Waals surface area contributed by atoms with E-state index in [4.69, 9.17) is 16.3 Å². The second-order valence-corrected chi connectivity index (χ2v) is 4.08. The number of H-pyrrole nitrogens is 1. The zero-order chi connectivity index (χ0) is 12.4. The first-order valence-corrected chi connectivity index (χ1v) is 5.61. The molecule has 0 aliphatic rings. The summed E-state index contributed by atoms with van der Waals surface area (Å²) in [5, 5.41) is 10.9. The molecule has 1 aromatic carbocycles. The number of benzene rings is 1. The third-order valence-corrected chi connectivity index (χ3v) is 2.92. The zero-order valence-electron chi connectivity index (χ0n) is 9.97. The van der Waals surface area contributed by atoms with Crippen LogP contribution in [0.25, 0.3) is 11.3 Å². The molecule has 2 aromatic rings. The van der Waals surface area contributed by atoms with E-state index in [0.29, 0.717) is 10.8 Å². The summed E-state index contributed by atoms with van der Waals surface area (Å²) in [6.45, 7) is 1.97. The van der Waals surface area contributed by atoms with Gasteiger partial charge in [0.25, 0.3) is 0 Å². The van der Waals surface area contributed by atoms with Gasteiger partial charge in [0.05, 0.1) is 23.5 Å². The van der Waals surface area contributed by atoms with Gasteiger partial charge >= 0.3 is 0 Å². The molecular formula is C12H14ClN3O. The number of rotatable bonds is 3. The van der Waals surface area contributed by atoms with Gasteiger partial charge in [-0.25, -0.2) is 0 Å². The van der Waals surface area contributed by atoms with Gasteiger partial charge in [-0.1, -0.05) is 11.6 Å². The smallest absolute Gasteiger partial charge is 0.137 e. The number of nitrogens with zero attached hydrogens (tertiary/aromatic N) is 1. The van der Waals surface area contributed by atoms with Gasteiger partial charge in [-0.15, -0.1) is 0 Å². The molecule has 1 heterocycles. The topological polar surface area (TPSA) is 49.9 Å². The lowest BCUT2D eigenvalue weighted by Gasteiger charge is -2.06. The van der Waals surface area contributed by atoms with Crippen molar-refractivity contribution in [3.63, 3.8) is 0 Å². The van der Waals surface area contributed by atoms with E-state index in [1.54, 1.807) is 7.11 Å². The molecule has 0 fully saturated rings. The number of halogens is 1. The van der Waals surface area contributed by atoms with Crippen molar-refractivity contribution in [1.82, 2.24) is 10.2 Å². The van der Waals surface area contributed by atoms with Crippen molar-refractivity contribution in [3.8, 4) is 17.0 Å². The Kier molecular flexibility index (Phi) is 3.24. The summed E-state index contributed by atoms with van der Waals surface area (Å²) in [5.74, 6) is 0.661. The minimum Gasteiger partial charge on any atom is -0.495 e. The molecule has 0 spiro atoms. The first-order chi connectivity index (χ1) is 8.17. The Morgan fingerprint density at radius 3 is 2.76 bits per heavy atom. The van der Waals surface area contributed by atoms with Gasteiger partial charge in [-0.3, -0.25) is 5.10 Å². The van der Waals surface area contributed by atoms with Crippen LogP contribution in [-0.4, -0.2) is 24.4 Å². The lowest BCUT2D eigenvalue weighted by Crippen LogP contribution is -1.91. The molecule has 0 aliphatic carbocycles. The Balaban J connectivity index is 2.49. The minimum atomic E-state index is 0.577. The third-order valence-electron chi connectivity index (χ3n) is 2.62. The number of anilines is 1. The van der Waals surface area contributed by atoms with Crippen molar-refractivity contribution in [2.24, 2.45) is 0 Å². The Labute approximate surface area is 105 Å². The van der Waals surface area contributed by atoms with Crippen LogP contribution < -0.4 is 10.1 Å². The number of aromatic nitrogens is 2. The van der Waals surface area contributed by atoms with Gasteiger partial charge in [0.2, 0.25) is 0 Å². The highest BCUT2D eigenvalue weighted by Crippen LogP contribution is 2.33. The molecule has 0 unspecified atom stereocenters. The van der Waals surface area contributed by atoms with Gasteiger partial charge in [0, 0.05) is 12.6 Å². The van der Waals surface area contributed by atoms with Crippen LogP contribution in [-0.2, 0) is 0 Å². The second-order valence-electron chi connectivity index (χ2n) is 3.67. The number of aryl methyl sites for hydroxylation is 1. The Hall–Kier alpha value is -1.68. The molecule has 2 rings (SSSR count). The van der Waals surface area contributed by atoms with Crippen LogP contribution in [0.15, 0.2) is 18.2 Å². The van der Waals surface area contributed by atoms with Gasteiger partial charge in [-0.05, 0) is 25.1 Å². The summed E-state index contributed by atoms with van der Waals surface area (Å²) in [6, 6.07) is 5.61. The fourth-order valence-corrected chi connectivity index (χ4v) is 2.02. The number of nitrogens with one attached hydrogen (secondary N) is 2. The molecule has 5 heteroatoms. The van der Waals surface area contributed by atoms with Gasteiger partial charge in [0.15, 0.2) is 0 Å². The highest BCUT2D eigenvalue weighted by molar-refractivity contribution is 6.32. The first kappa shape index (κ1) is 11.8. The SMILES string of the molecule is CNc1c(-c2ccc(OC)c(Cl)c2)n[nH]c1C. The highest BCUT2D eigenvalue weighted by Gasteiger charge is 2.12. The van der Waals surface area contributed by atoms with Crippen molar-refractivity contribution >= 4 is 17.3 Å². The molecule has 4 nitrogen and oxygen atoms in total. The highest BCUT2D eigenvalue weighted by atomic mass is 35.5. The maximum Gasteiger partial charge on any atom is 0.137 e. The van der Waals surface area contributed by atoms with Crippen LogP contribution in [0.2, 0.25) is 5.02 Å². The van der Waals surface area contributed by atoms with Crippen LogP contribution in [0.1, 0.15) is 5.69 Å². The number of hydrogen-bond donors (Lipinski definition) is 2. The standard InChI is InChI=1S/C12H14ClN3O/c1-7-11(14-2)12(16-15-7)8-4-5-10(17-3)9(13)6-8/h4-6,14H,1-3H3,(H,15,16). The first-order valence-electron chi connectivity index (χ1n) is 5.24. The number of hydrogen-bond acceptors (Lipinski definition) is 3. The average molecular weight is 252 g/mol. The molecule has 17 heavy (non-hydrogen) atoms. The second kappa shape index (κ2) is 4.67. The summed E-state index contributed by atoms with van der Waals surface area (Å²) < 4.78 is 5.12. The van der Waals surface area contributed by atoms with Crippen molar-refractivity contribution in [2.45, 2.75) is 6.92 Å². The molecule has 0 saturated heterocycles. The van der Waals surface area contributed by atoms with Crippen molar-refractivity contribution in [1.29, 1.82) is 0 Å². The molecule has 0 saturated carbocycles. The van der Waals surface area contributed by atoms with E-state index in [1.807, 2.05) is 32.2 Å². The van der Waals surface area contributed by atoms with E-state index >= 15 is 0 Å². The molecule has 0 radical (unpaired) electrons. The van der Waals surface area contributed by atoms with Gasteiger partial charge in [-0.2, -0.15) is 5.10 Å². The van der Waals surface area contributed by atoms with E-state index in [0.717, 1.165) is 22.6 Å². The van der Waals surface area contributed by atoms with E-state index in [1.165, 1.54) is 0 Å². The van der Waals surface area contributed by atoms with E-state index in [-0.39, 0.29) is 0 Å². The van der Waals surface area contributed by atoms with Crippen molar-refractivity contribution in [2.75, 3.05) is 19.5 Å². The molecule has 1 aromatic heterocycles. The van der Waals surface area contributed by atoms with Gasteiger partial charge < -0.3 is 10.1 Å². The molecule has 0 bridgehead atoms. The van der Waals surface area contributed by atoms with E-state index in [9.17, 15) is 0 Å². The largest absolute Gasteiger partial charge is 0.495 e. The fourth-order valence-electron chi connectivity index (χ4n) is 1.76. The maximum atomic E-state index is 6.10. The summed E-state index contributed by atoms with van der Waals surface area (Å²) >= 11 is 6.10. The van der Waals surface area contributed by atoms with E-state index < -0.39 is 0 Å². The molecule has 2 N–H and O–H groups in total. The van der Waals surface area contributed by atoms with Gasteiger partial charge in [0.1, 0.15) is 11.4 Å². The monoisotopic (exact) mass is 251 g/mol. The Morgan fingerprint density at radius 1 is 1.41 bits per heavy atom. The predicted octanol–water partition coefficient (Wildman–Crippen LogP) is 3.09. The molecule has 0 amide bonds. The van der Waals surface area contributed by atoms with Crippen LogP contribution in [0, 0.1) is 6.92 Å². The predicted molar refractivity (Wildman–Crippen MR) is 69.9 cm³/mol. The maximum absolute atomic E-state index is 6.10. The number of aromatic amines is 1. The number of ether oxygens (including phenoxy) is 1. The van der Waals surface area contributed by atoms with Crippen LogP contribution in [0.4, 0.5) is 5.69 Å². The minimum absolute atomic E-state index is 0.577. The molecular weight excluding hydrogens is 238 g/mol. The van der Waals surface area contributed by atoms with Crippen molar-refractivity contribution in [3.05, 3.63) is 28.9 Å². The van der Waals surface area contributed by atoms with E-state index in [2.05, 4.69) is 15.5 Å². The summed E-state index contributed by atoms with van der Waals surface area (Å²) in [4.78, 5) is 0. The van der Waals surface area contributed by atoms with Crippen LogP contribution in [0.5, 0.6) is 5.75 Å². The molecule has 0 aliphatic heterocycles. The van der Waals surface area contributed by atoms with Crippen LogP contribution >= 0.6 is 11.6 Å². The lowest BCUT2D eigenvalue weighted by atomic mass is 10.1. The van der Waals surface area contributed by atoms with Crippen molar-refractivity contribution < 1.29 is 4.74 Å². The average Bonchev–Trinajstić information content (AvgIpc) is 2.70. The fraction of sp³-hybridized carbons (Fsp3) is 0.250. The van der Waals surface area contributed by atoms with Crippen LogP contribution in [0.3, 0.4) is 0 Å². The molecule has 0 atom stereocenters. The normalized spacial score (nSPS) is 10.4. The third kappa shape index (κ3) is 2.08. The number of methoxy groups -OCH3 is 1. The summed E-state index contributed by atoms with van der Waals surface area (Å²) in [5.41, 5.74) is 3.78.